The molecule has 152 valence electrons. The van der Waals surface area contributed by atoms with Gasteiger partial charge < -0.3 is 9.74 Å². The SMILES string of the molecule is CCC(C(=O)ON(CC)CC)N1C(=O)CCC(N2Cc3cscc3C2=O)C1=O. The first kappa shape index (κ1) is 20.5. The Balaban J connectivity index is 1.79. The maximum Gasteiger partial charge on any atom is 0.348 e. The highest BCUT2D eigenvalue weighted by atomic mass is 32.1. The van der Waals surface area contributed by atoms with E-state index in [0.29, 0.717) is 25.2 Å². The Labute approximate surface area is 168 Å². The Morgan fingerprint density at radius 3 is 2.57 bits per heavy atom. The smallest absolute Gasteiger partial charge is 0.348 e. The zero-order valence-corrected chi connectivity index (χ0v) is 17.2. The van der Waals surface area contributed by atoms with Crippen molar-refractivity contribution in [1.29, 1.82) is 0 Å². The number of thiophene rings is 1. The molecule has 1 aromatic rings. The molecule has 2 unspecified atom stereocenters. The van der Waals surface area contributed by atoms with Crippen molar-refractivity contribution >= 4 is 35.0 Å². The molecule has 1 aromatic heterocycles. The molecule has 0 radical (unpaired) electrons. The van der Waals surface area contributed by atoms with Crippen LogP contribution in [0.4, 0.5) is 0 Å². The van der Waals surface area contributed by atoms with Crippen LogP contribution in [0.5, 0.6) is 0 Å². The monoisotopic (exact) mass is 407 g/mol. The minimum absolute atomic E-state index is 0.113. The molecule has 0 N–H and O–H groups in total. The van der Waals surface area contributed by atoms with Gasteiger partial charge in [0.15, 0.2) is 0 Å². The number of piperidine rings is 1. The van der Waals surface area contributed by atoms with Crippen LogP contribution in [0.15, 0.2) is 10.8 Å². The van der Waals surface area contributed by atoms with E-state index >= 15 is 0 Å². The quantitative estimate of drug-likeness (QED) is 0.506. The summed E-state index contributed by atoms with van der Waals surface area (Å²) >= 11 is 1.46. The van der Waals surface area contributed by atoms with Gasteiger partial charge >= 0.3 is 5.97 Å². The van der Waals surface area contributed by atoms with Gasteiger partial charge in [0.25, 0.3) is 11.8 Å². The summed E-state index contributed by atoms with van der Waals surface area (Å²) in [6.07, 6.45) is 0.641. The van der Waals surface area contributed by atoms with E-state index in [1.165, 1.54) is 21.3 Å². The van der Waals surface area contributed by atoms with Crippen molar-refractivity contribution in [1.82, 2.24) is 14.9 Å². The summed E-state index contributed by atoms with van der Waals surface area (Å²) in [5.74, 6) is -1.71. The summed E-state index contributed by atoms with van der Waals surface area (Å²) in [7, 11) is 0. The maximum absolute atomic E-state index is 13.2. The van der Waals surface area contributed by atoms with Gasteiger partial charge in [0, 0.05) is 31.4 Å². The predicted molar refractivity (Wildman–Crippen MR) is 102 cm³/mol. The first-order valence-electron chi connectivity index (χ1n) is 9.61. The molecule has 2 aliphatic heterocycles. The van der Waals surface area contributed by atoms with E-state index in [-0.39, 0.29) is 25.2 Å². The molecule has 0 spiro atoms. The second kappa shape index (κ2) is 8.40. The molecule has 2 aliphatic rings. The van der Waals surface area contributed by atoms with E-state index in [1.54, 1.807) is 12.3 Å². The lowest BCUT2D eigenvalue weighted by molar-refractivity contribution is -0.198. The van der Waals surface area contributed by atoms with Crippen LogP contribution in [0.3, 0.4) is 0 Å². The van der Waals surface area contributed by atoms with Gasteiger partial charge in [-0.05, 0) is 37.6 Å². The number of rotatable bonds is 7. The normalized spacial score (nSPS) is 20.7. The Morgan fingerprint density at radius 1 is 1.25 bits per heavy atom. The fourth-order valence-electron chi connectivity index (χ4n) is 3.69. The molecule has 1 fully saturated rings. The Kier molecular flexibility index (Phi) is 6.14. The number of hydroxylamine groups is 2. The number of hydrogen-bond acceptors (Lipinski definition) is 7. The number of likely N-dealkylation sites (tertiary alicyclic amines) is 1. The molecule has 3 rings (SSSR count). The standard InChI is InChI=1S/C19H25N3O5S/c1-4-14(19(26)27-20(5-2)6-3)22-16(23)8-7-15(18(22)25)21-9-12-10-28-11-13(12)17(21)24/h10-11,14-15H,4-9H2,1-3H3. The molecular formula is C19H25N3O5S. The minimum atomic E-state index is -0.991. The van der Waals surface area contributed by atoms with E-state index in [0.717, 1.165) is 10.5 Å². The van der Waals surface area contributed by atoms with Gasteiger partial charge in [0.2, 0.25) is 5.91 Å². The third kappa shape index (κ3) is 3.56. The Morgan fingerprint density at radius 2 is 1.96 bits per heavy atom. The first-order chi connectivity index (χ1) is 13.4. The third-order valence-corrected chi connectivity index (χ3v) is 6.06. The second-order valence-corrected chi connectivity index (χ2v) is 7.59. The molecule has 3 amide bonds. The van der Waals surface area contributed by atoms with E-state index in [2.05, 4.69) is 0 Å². The number of nitrogens with zero attached hydrogens (tertiary/aromatic N) is 3. The van der Waals surface area contributed by atoms with Gasteiger partial charge in [-0.1, -0.05) is 6.92 Å². The second-order valence-electron chi connectivity index (χ2n) is 6.85. The predicted octanol–water partition coefficient (Wildman–Crippen LogP) is 1.80. The van der Waals surface area contributed by atoms with Gasteiger partial charge in [-0.3, -0.25) is 19.3 Å². The first-order valence-corrected chi connectivity index (χ1v) is 10.6. The number of hydrogen-bond donors (Lipinski definition) is 0. The fourth-order valence-corrected chi connectivity index (χ4v) is 4.52. The molecule has 3 heterocycles. The summed E-state index contributed by atoms with van der Waals surface area (Å²) < 4.78 is 0. The fraction of sp³-hybridized carbons (Fsp3) is 0.579. The van der Waals surface area contributed by atoms with Crippen LogP contribution in [0, 0.1) is 0 Å². The molecule has 0 aliphatic carbocycles. The number of carbonyl (C=O) groups is 4. The number of amides is 3. The number of imide groups is 1. The molecule has 0 bridgehead atoms. The third-order valence-electron chi connectivity index (χ3n) is 5.27. The summed E-state index contributed by atoms with van der Waals surface area (Å²) in [6, 6.07) is -1.73. The molecule has 9 heteroatoms. The lowest BCUT2D eigenvalue weighted by Gasteiger charge is -2.38. The van der Waals surface area contributed by atoms with Crippen LogP contribution in [0.2, 0.25) is 0 Å². The van der Waals surface area contributed by atoms with Crippen LogP contribution in [0.25, 0.3) is 0 Å². The molecule has 0 saturated carbocycles. The van der Waals surface area contributed by atoms with Crippen molar-refractivity contribution in [2.75, 3.05) is 13.1 Å². The van der Waals surface area contributed by atoms with Crippen LogP contribution in [-0.2, 0) is 25.8 Å². The van der Waals surface area contributed by atoms with Crippen LogP contribution in [0.1, 0.15) is 56.0 Å². The van der Waals surface area contributed by atoms with Gasteiger partial charge in [-0.25, -0.2) is 4.79 Å². The van der Waals surface area contributed by atoms with Crippen LogP contribution >= 0.6 is 11.3 Å². The lowest BCUT2D eigenvalue weighted by atomic mass is 9.99. The largest absolute Gasteiger partial charge is 0.366 e. The van der Waals surface area contributed by atoms with E-state index in [9.17, 15) is 19.2 Å². The van der Waals surface area contributed by atoms with Crippen molar-refractivity contribution in [3.63, 3.8) is 0 Å². The van der Waals surface area contributed by atoms with Crippen molar-refractivity contribution in [2.24, 2.45) is 0 Å². The highest BCUT2D eigenvalue weighted by molar-refractivity contribution is 7.08. The average Bonchev–Trinajstić information content (AvgIpc) is 3.26. The molecule has 28 heavy (non-hydrogen) atoms. The summed E-state index contributed by atoms with van der Waals surface area (Å²) in [4.78, 5) is 58.9. The average molecular weight is 407 g/mol. The summed E-state index contributed by atoms with van der Waals surface area (Å²) in [5, 5.41) is 5.16. The number of fused-ring (bicyclic) bond motifs is 1. The van der Waals surface area contributed by atoms with Crippen LogP contribution < -0.4 is 0 Å². The lowest BCUT2D eigenvalue weighted by Crippen LogP contribution is -2.59. The summed E-state index contributed by atoms with van der Waals surface area (Å²) in [5.41, 5.74) is 1.52. The van der Waals surface area contributed by atoms with Gasteiger partial charge in [0.1, 0.15) is 12.1 Å². The van der Waals surface area contributed by atoms with E-state index in [1.807, 2.05) is 19.2 Å². The molecule has 1 saturated heterocycles. The maximum atomic E-state index is 13.2. The van der Waals surface area contributed by atoms with Crippen molar-refractivity contribution in [3.8, 4) is 0 Å². The van der Waals surface area contributed by atoms with Crippen molar-refractivity contribution in [2.45, 2.75) is 58.7 Å². The molecule has 2 atom stereocenters. The zero-order chi connectivity index (χ0) is 20.4. The Hall–Kier alpha value is -2.26. The zero-order valence-electron chi connectivity index (χ0n) is 16.3. The summed E-state index contributed by atoms with van der Waals surface area (Å²) in [6.45, 7) is 6.81. The molecule has 8 nitrogen and oxygen atoms in total. The van der Waals surface area contributed by atoms with Gasteiger partial charge in [-0.15, -0.1) is 5.06 Å². The molecule has 0 aromatic carbocycles. The van der Waals surface area contributed by atoms with Gasteiger partial charge in [-0.2, -0.15) is 11.3 Å². The van der Waals surface area contributed by atoms with Crippen molar-refractivity contribution < 1.29 is 24.0 Å². The Bertz CT molecular complexity index is 788. The minimum Gasteiger partial charge on any atom is -0.366 e. The highest BCUT2D eigenvalue weighted by Crippen LogP contribution is 2.32. The topological polar surface area (TPSA) is 87.2 Å². The van der Waals surface area contributed by atoms with Crippen molar-refractivity contribution in [3.05, 3.63) is 21.9 Å². The van der Waals surface area contributed by atoms with E-state index < -0.39 is 29.9 Å². The highest BCUT2D eigenvalue weighted by Gasteiger charge is 2.46. The van der Waals surface area contributed by atoms with Gasteiger partial charge in [0.05, 0.1) is 5.56 Å². The van der Waals surface area contributed by atoms with Crippen LogP contribution in [-0.4, -0.2) is 63.7 Å². The molecular weight excluding hydrogens is 382 g/mol. The number of carbonyl (C=O) groups excluding carboxylic acids is 4. The van der Waals surface area contributed by atoms with E-state index in [4.69, 9.17) is 4.84 Å².